The summed E-state index contributed by atoms with van der Waals surface area (Å²) in [7, 11) is 0. The molecule has 27 heavy (non-hydrogen) atoms. The lowest BCUT2D eigenvalue weighted by atomic mass is 10.1. The first kappa shape index (κ1) is 19.0. The minimum absolute atomic E-state index is 0.136. The Morgan fingerprint density at radius 3 is 2.59 bits per heavy atom. The molecule has 7 nitrogen and oxygen atoms in total. The van der Waals surface area contributed by atoms with Crippen molar-refractivity contribution in [1.29, 1.82) is 0 Å². The number of amides is 1. The van der Waals surface area contributed by atoms with Crippen molar-refractivity contribution in [3.8, 4) is 11.3 Å². The normalized spacial score (nSPS) is 14.7. The van der Waals surface area contributed by atoms with Gasteiger partial charge in [-0.1, -0.05) is 12.1 Å². The minimum Gasteiger partial charge on any atom is -0.444 e. The molecule has 0 aliphatic carbocycles. The van der Waals surface area contributed by atoms with Gasteiger partial charge in [0.25, 0.3) is 0 Å². The van der Waals surface area contributed by atoms with Crippen LogP contribution in [-0.4, -0.2) is 38.0 Å². The second-order valence-electron chi connectivity index (χ2n) is 7.30. The van der Waals surface area contributed by atoms with E-state index in [1.54, 1.807) is 39.0 Å². The summed E-state index contributed by atoms with van der Waals surface area (Å²) >= 11 is 0. The van der Waals surface area contributed by atoms with Gasteiger partial charge >= 0.3 is 6.09 Å². The molecule has 0 radical (unpaired) electrons. The lowest BCUT2D eigenvalue weighted by molar-refractivity contribution is 0.0636. The summed E-state index contributed by atoms with van der Waals surface area (Å²) in [5, 5.41) is 2.69. The molecule has 144 valence electrons. The van der Waals surface area contributed by atoms with E-state index in [1.807, 2.05) is 11.0 Å². The summed E-state index contributed by atoms with van der Waals surface area (Å²) in [5.41, 5.74) is 0.529. The second-order valence-corrected chi connectivity index (χ2v) is 7.30. The molecule has 1 fully saturated rings. The van der Waals surface area contributed by atoms with Crippen molar-refractivity contribution >= 4 is 17.7 Å². The highest BCUT2D eigenvalue weighted by Crippen LogP contribution is 2.26. The molecule has 0 bridgehead atoms. The van der Waals surface area contributed by atoms with E-state index in [4.69, 9.17) is 13.9 Å². The van der Waals surface area contributed by atoms with Gasteiger partial charge in [0.15, 0.2) is 11.3 Å². The third-order valence-corrected chi connectivity index (χ3v) is 3.87. The molecule has 1 aromatic carbocycles. The largest absolute Gasteiger partial charge is 0.444 e. The van der Waals surface area contributed by atoms with E-state index in [9.17, 15) is 9.59 Å². The van der Waals surface area contributed by atoms with E-state index in [0.717, 1.165) is 0 Å². The number of morpholine rings is 1. The fourth-order valence-corrected chi connectivity index (χ4v) is 2.72. The number of benzene rings is 1. The Morgan fingerprint density at radius 2 is 1.89 bits per heavy atom. The molecule has 1 aliphatic rings. The maximum absolute atomic E-state index is 12.1. The molecule has 0 saturated carbocycles. The monoisotopic (exact) mass is 372 g/mol. The van der Waals surface area contributed by atoms with E-state index < -0.39 is 11.7 Å². The van der Waals surface area contributed by atoms with Crippen molar-refractivity contribution in [2.24, 2.45) is 0 Å². The first-order chi connectivity index (χ1) is 12.8. The van der Waals surface area contributed by atoms with Crippen molar-refractivity contribution in [2.75, 3.05) is 36.5 Å². The van der Waals surface area contributed by atoms with Crippen LogP contribution in [0, 0.1) is 0 Å². The Hall–Kier alpha value is -2.80. The van der Waals surface area contributed by atoms with Crippen LogP contribution in [0.3, 0.4) is 0 Å². The molecule has 1 aromatic heterocycles. The summed E-state index contributed by atoms with van der Waals surface area (Å²) in [6, 6.07) is 10.0. The molecule has 1 N–H and O–H groups in total. The maximum atomic E-state index is 12.1. The van der Waals surface area contributed by atoms with Crippen LogP contribution in [0.25, 0.3) is 11.3 Å². The highest BCUT2D eigenvalue weighted by Gasteiger charge is 2.17. The van der Waals surface area contributed by atoms with Crippen molar-refractivity contribution in [3.63, 3.8) is 0 Å². The SMILES string of the molecule is CC(C)(C)OC(=O)Nc1cccc(-c2cc(=O)cc(N3CCOCC3)o2)c1. The molecule has 1 aliphatic heterocycles. The zero-order valence-electron chi connectivity index (χ0n) is 15.8. The number of hydrogen-bond donors (Lipinski definition) is 1. The second kappa shape index (κ2) is 7.84. The van der Waals surface area contributed by atoms with Crippen LogP contribution in [0.5, 0.6) is 0 Å². The summed E-state index contributed by atoms with van der Waals surface area (Å²) < 4.78 is 16.6. The van der Waals surface area contributed by atoms with Crippen LogP contribution >= 0.6 is 0 Å². The number of carbonyl (C=O) groups excluding carboxylic acids is 1. The Kier molecular flexibility index (Phi) is 5.51. The molecular weight excluding hydrogens is 348 g/mol. The lowest BCUT2D eigenvalue weighted by Gasteiger charge is -2.27. The van der Waals surface area contributed by atoms with Gasteiger partial charge in [-0.25, -0.2) is 4.79 Å². The first-order valence-electron chi connectivity index (χ1n) is 8.88. The Bertz CT molecular complexity index is 863. The van der Waals surface area contributed by atoms with Gasteiger partial charge in [0.05, 0.1) is 13.2 Å². The molecule has 0 unspecified atom stereocenters. The number of hydrogen-bond acceptors (Lipinski definition) is 6. The van der Waals surface area contributed by atoms with Gasteiger partial charge in [-0.2, -0.15) is 0 Å². The standard InChI is InChI=1S/C20H24N2O5/c1-20(2,3)27-19(24)21-15-6-4-5-14(11-15)17-12-16(23)13-18(26-17)22-7-9-25-10-8-22/h4-6,11-13H,7-10H2,1-3H3,(H,21,24). The topological polar surface area (TPSA) is 81.0 Å². The molecule has 2 aromatic rings. The molecule has 1 saturated heterocycles. The predicted octanol–water partition coefficient (Wildman–Crippen LogP) is 3.49. The van der Waals surface area contributed by atoms with Crippen molar-refractivity contribution in [3.05, 3.63) is 46.6 Å². The number of nitrogens with one attached hydrogen (secondary N) is 1. The van der Waals surface area contributed by atoms with Crippen LogP contribution in [0.1, 0.15) is 20.8 Å². The number of rotatable bonds is 3. The van der Waals surface area contributed by atoms with Crippen LogP contribution < -0.4 is 15.6 Å². The van der Waals surface area contributed by atoms with Gasteiger partial charge in [0, 0.05) is 36.5 Å². The summed E-state index contributed by atoms with van der Waals surface area (Å²) in [6.07, 6.45) is -0.539. The number of anilines is 2. The van der Waals surface area contributed by atoms with Gasteiger partial charge in [-0.15, -0.1) is 0 Å². The third-order valence-electron chi connectivity index (χ3n) is 3.87. The molecule has 0 spiro atoms. The van der Waals surface area contributed by atoms with Gasteiger partial charge in [-0.05, 0) is 32.9 Å². The fraction of sp³-hybridized carbons (Fsp3) is 0.400. The molecule has 0 atom stereocenters. The van der Waals surface area contributed by atoms with Crippen molar-refractivity contribution in [1.82, 2.24) is 0 Å². The highest BCUT2D eigenvalue weighted by atomic mass is 16.6. The molecule has 2 heterocycles. The Morgan fingerprint density at radius 1 is 1.15 bits per heavy atom. The zero-order chi connectivity index (χ0) is 19.4. The van der Waals surface area contributed by atoms with Crippen LogP contribution in [0.2, 0.25) is 0 Å². The first-order valence-corrected chi connectivity index (χ1v) is 8.88. The van der Waals surface area contributed by atoms with E-state index in [1.165, 1.54) is 12.1 Å². The lowest BCUT2D eigenvalue weighted by Crippen LogP contribution is -2.36. The smallest absolute Gasteiger partial charge is 0.412 e. The predicted molar refractivity (Wildman–Crippen MR) is 103 cm³/mol. The van der Waals surface area contributed by atoms with Gasteiger partial charge in [0.2, 0.25) is 0 Å². The summed E-state index contributed by atoms with van der Waals surface area (Å²) in [4.78, 5) is 26.1. The Labute approximate surface area is 157 Å². The molecule has 1 amide bonds. The van der Waals surface area contributed by atoms with E-state index in [2.05, 4.69) is 5.32 Å². The highest BCUT2D eigenvalue weighted by molar-refractivity contribution is 5.86. The number of nitrogens with zero attached hydrogens (tertiary/aromatic N) is 1. The van der Waals surface area contributed by atoms with E-state index in [-0.39, 0.29) is 5.43 Å². The zero-order valence-corrected chi connectivity index (χ0v) is 15.8. The number of ether oxygens (including phenoxy) is 2. The summed E-state index contributed by atoms with van der Waals surface area (Å²) in [5.74, 6) is 0.961. The molecule has 7 heteroatoms. The van der Waals surface area contributed by atoms with Crippen LogP contribution in [0.15, 0.2) is 45.6 Å². The van der Waals surface area contributed by atoms with Gasteiger partial charge in [0.1, 0.15) is 11.4 Å². The average molecular weight is 372 g/mol. The quantitative estimate of drug-likeness (QED) is 0.888. The third kappa shape index (κ3) is 5.34. The average Bonchev–Trinajstić information content (AvgIpc) is 2.60. The minimum atomic E-state index is -0.582. The molecule has 3 rings (SSSR count). The summed E-state index contributed by atoms with van der Waals surface area (Å²) in [6.45, 7) is 7.95. The van der Waals surface area contributed by atoms with Crippen LogP contribution in [0.4, 0.5) is 16.4 Å². The van der Waals surface area contributed by atoms with Gasteiger partial charge < -0.3 is 18.8 Å². The maximum Gasteiger partial charge on any atom is 0.412 e. The molecular formula is C20H24N2O5. The van der Waals surface area contributed by atoms with E-state index in [0.29, 0.717) is 49.2 Å². The van der Waals surface area contributed by atoms with Crippen molar-refractivity contribution < 1.29 is 18.7 Å². The number of carbonyl (C=O) groups is 1. The Balaban J connectivity index is 1.83. The fourth-order valence-electron chi connectivity index (χ4n) is 2.72. The van der Waals surface area contributed by atoms with E-state index >= 15 is 0 Å². The van der Waals surface area contributed by atoms with Crippen molar-refractivity contribution in [2.45, 2.75) is 26.4 Å². The van der Waals surface area contributed by atoms with Gasteiger partial charge in [-0.3, -0.25) is 10.1 Å². The van der Waals surface area contributed by atoms with Crippen LogP contribution in [-0.2, 0) is 9.47 Å².